The third kappa shape index (κ3) is 4.16. The van der Waals surface area contributed by atoms with Crippen LogP contribution < -0.4 is 5.32 Å². The molecular formula is C18H10F6N2O2. The van der Waals surface area contributed by atoms with Gasteiger partial charge in [-0.05, 0) is 18.2 Å². The van der Waals surface area contributed by atoms with Crippen molar-refractivity contribution >= 4 is 11.8 Å². The van der Waals surface area contributed by atoms with E-state index < -0.39 is 29.7 Å². The van der Waals surface area contributed by atoms with Gasteiger partial charge in [0.15, 0.2) is 0 Å². The molecule has 3 rings (SSSR count). The van der Waals surface area contributed by atoms with Gasteiger partial charge in [0.25, 0.3) is 0 Å². The van der Waals surface area contributed by atoms with E-state index in [-0.39, 0.29) is 17.1 Å². The highest BCUT2D eigenvalue weighted by molar-refractivity contribution is 5.96. The number of nitrogens with one attached hydrogen (secondary N) is 1. The van der Waals surface area contributed by atoms with E-state index in [2.05, 4.69) is 4.98 Å². The highest BCUT2D eigenvalue weighted by atomic mass is 19.4. The van der Waals surface area contributed by atoms with Gasteiger partial charge in [-0.25, -0.2) is 4.98 Å². The molecule has 0 saturated heterocycles. The van der Waals surface area contributed by atoms with Gasteiger partial charge in [0.2, 0.25) is 11.8 Å². The van der Waals surface area contributed by atoms with E-state index in [1.54, 1.807) is 23.5 Å². The molecule has 2 aromatic carbocycles. The largest absolute Gasteiger partial charge is 0.471 e. The number of hydrogen-bond acceptors (Lipinski definition) is 3. The van der Waals surface area contributed by atoms with Crippen LogP contribution >= 0.6 is 0 Å². The van der Waals surface area contributed by atoms with Gasteiger partial charge >= 0.3 is 18.3 Å². The van der Waals surface area contributed by atoms with Gasteiger partial charge in [-0.3, -0.25) is 10.1 Å². The lowest BCUT2D eigenvalue weighted by molar-refractivity contribution is -0.167. The summed E-state index contributed by atoms with van der Waals surface area (Å²) >= 11 is 0. The molecule has 0 fully saturated rings. The SMILES string of the molecule is O=C(Nc1oc(-c2cccc(C(F)(F)F)c2)nc1-c1ccccc1)C(F)(F)F. The topological polar surface area (TPSA) is 55.1 Å². The molecule has 0 aliphatic rings. The van der Waals surface area contributed by atoms with Crippen LogP contribution in [0.1, 0.15) is 5.56 Å². The van der Waals surface area contributed by atoms with Gasteiger partial charge in [0, 0.05) is 11.1 Å². The zero-order valence-electron chi connectivity index (χ0n) is 13.7. The maximum atomic E-state index is 12.9. The highest BCUT2D eigenvalue weighted by Crippen LogP contribution is 2.36. The molecule has 0 aliphatic carbocycles. The summed E-state index contributed by atoms with van der Waals surface area (Å²) in [5.41, 5.74) is -0.933. The van der Waals surface area contributed by atoms with Crippen molar-refractivity contribution in [2.75, 3.05) is 5.32 Å². The van der Waals surface area contributed by atoms with Gasteiger partial charge in [-0.2, -0.15) is 26.3 Å². The molecule has 0 bridgehead atoms. The molecule has 3 aromatic rings. The zero-order chi connectivity index (χ0) is 20.5. The lowest BCUT2D eigenvalue weighted by Gasteiger charge is -2.07. The Morgan fingerprint density at radius 1 is 0.893 bits per heavy atom. The molecule has 10 heteroatoms. The maximum absolute atomic E-state index is 12.9. The molecule has 0 spiro atoms. The van der Waals surface area contributed by atoms with Gasteiger partial charge in [0.1, 0.15) is 5.69 Å². The van der Waals surface area contributed by atoms with Crippen molar-refractivity contribution in [3.05, 3.63) is 60.2 Å². The quantitative estimate of drug-likeness (QED) is 0.589. The van der Waals surface area contributed by atoms with E-state index in [0.29, 0.717) is 5.56 Å². The van der Waals surface area contributed by atoms with Crippen LogP contribution in [0.5, 0.6) is 0 Å². The van der Waals surface area contributed by atoms with Crippen LogP contribution in [0.25, 0.3) is 22.7 Å². The Morgan fingerprint density at radius 3 is 2.14 bits per heavy atom. The Labute approximate surface area is 153 Å². The number of hydrogen-bond donors (Lipinski definition) is 1. The van der Waals surface area contributed by atoms with Crippen molar-refractivity contribution in [3.63, 3.8) is 0 Å². The summed E-state index contributed by atoms with van der Waals surface area (Å²) in [5, 5.41) is 1.57. The van der Waals surface area contributed by atoms with E-state index in [4.69, 9.17) is 4.42 Å². The second-order valence-electron chi connectivity index (χ2n) is 5.59. The number of anilines is 1. The van der Waals surface area contributed by atoms with Crippen molar-refractivity contribution in [3.8, 4) is 22.7 Å². The molecule has 0 unspecified atom stereocenters. The minimum atomic E-state index is -5.18. The van der Waals surface area contributed by atoms with E-state index in [0.717, 1.165) is 18.2 Å². The second-order valence-corrected chi connectivity index (χ2v) is 5.59. The smallest absolute Gasteiger partial charge is 0.420 e. The molecule has 1 amide bonds. The van der Waals surface area contributed by atoms with Crippen LogP contribution in [-0.2, 0) is 11.0 Å². The summed E-state index contributed by atoms with van der Waals surface area (Å²) < 4.78 is 81.6. The van der Waals surface area contributed by atoms with Crippen LogP contribution in [-0.4, -0.2) is 17.1 Å². The Balaban J connectivity index is 2.08. The normalized spacial score (nSPS) is 12.1. The third-order valence-corrected chi connectivity index (χ3v) is 3.60. The summed E-state index contributed by atoms with van der Waals surface area (Å²) in [5.74, 6) is -3.29. The predicted octanol–water partition coefficient (Wildman–Crippen LogP) is 5.53. The molecule has 1 N–H and O–H groups in total. The number of carbonyl (C=O) groups is 1. The van der Waals surface area contributed by atoms with Gasteiger partial charge in [-0.15, -0.1) is 0 Å². The fraction of sp³-hybridized carbons (Fsp3) is 0.111. The number of benzene rings is 2. The molecular weight excluding hydrogens is 390 g/mol. The Morgan fingerprint density at radius 2 is 1.54 bits per heavy atom. The van der Waals surface area contributed by atoms with Gasteiger partial charge in [0.05, 0.1) is 5.56 Å². The minimum absolute atomic E-state index is 0.112. The number of aromatic nitrogens is 1. The maximum Gasteiger partial charge on any atom is 0.471 e. The van der Waals surface area contributed by atoms with Crippen molar-refractivity contribution in [2.45, 2.75) is 12.4 Å². The van der Waals surface area contributed by atoms with Crippen molar-refractivity contribution < 1.29 is 35.6 Å². The number of nitrogens with zero attached hydrogens (tertiary/aromatic N) is 1. The van der Waals surface area contributed by atoms with Crippen molar-refractivity contribution in [2.24, 2.45) is 0 Å². The van der Waals surface area contributed by atoms with Crippen LogP contribution in [0.3, 0.4) is 0 Å². The summed E-state index contributed by atoms with van der Waals surface area (Å²) in [6.07, 6.45) is -9.81. The summed E-state index contributed by atoms with van der Waals surface area (Å²) in [7, 11) is 0. The first-order valence-electron chi connectivity index (χ1n) is 7.68. The standard InChI is InChI=1S/C18H10F6N2O2/c19-17(20,21)12-8-4-7-11(9-12)14-25-13(10-5-2-1-3-6-10)15(28-14)26-16(27)18(22,23)24/h1-9H,(H,26,27). The monoisotopic (exact) mass is 400 g/mol. The zero-order valence-corrected chi connectivity index (χ0v) is 13.7. The number of rotatable bonds is 3. The molecule has 0 atom stereocenters. The molecule has 0 saturated carbocycles. The van der Waals surface area contributed by atoms with Crippen molar-refractivity contribution in [1.82, 2.24) is 4.98 Å². The average molecular weight is 400 g/mol. The van der Waals surface area contributed by atoms with E-state index in [9.17, 15) is 31.1 Å². The first kappa shape index (κ1) is 19.5. The second kappa shape index (κ2) is 7.02. The number of halogens is 6. The highest BCUT2D eigenvalue weighted by Gasteiger charge is 2.40. The minimum Gasteiger partial charge on any atom is -0.420 e. The molecule has 1 aromatic heterocycles. The Hall–Kier alpha value is -3.30. The fourth-order valence-corrected chi connectivity index (χ4v) is 2.32. The van der Waals surface area contributed by atoms with Crippen LogP contribution in [0.4, 0.5) is 32.2 Å². The van der Waals surface area contributed by atoms with Crippen LogP contribution in [0.2, 0.25) is 0 Å². The molecule has 1 heterocycles. The molecule has 4 nitrogen and oxygen atoms in total. The summed E-state index contributed by atoms with van der Waals surface area (Å²) in [6, 6.07) is 11.7. The van der Waals surface area contributed by atoms with Crippen molar-refractivity contribution in [1.29, 1.82) is 0 Å². The lowest BCUT2D eigenvalue weighted by Crippen LogP contribution is -2.29. The first-order valence-corrected chi connectivity index (χ1v) is 7.68. The average Bonchev–Trinajstić information content (AvgIpc) is 3.05. The van der Waals surface area contributed by atoms with E-state index >= 15 is 0 Å². The van der Waals surface area contributed by atoms with E-state index in [1.807, 2.05) is 0 Å². The lowest BCUT2D eigenvalue weighted by atomic mass is 10.1. The number of carbonyl (C=O) groups excluding carboxylic acids is 1. The molecule has 0 aliphatic heterocycles. The molecule has 28 heavy (non-hydrogen) atoms. The number of oxazole rings is 1. The molecule has 0 radical (unpaired) electrons. The Kier molecular flexibility index (Phi) is 4.88. The summed E-state index contributed by atoms with van der Waals surface area (Å²) in [4.78, 5) is 15.3. The van der Waals surface area contributed by atoms with Crippen LogP contribution in [0, 0.1) is 0 Å². The fourth-order valence-electron chi connectivity index (χ4n) is 2.32. The molecule has 146 valence electrons. The van der Waals surface area contributed by atoms with Gasteiger partial charge < -0.3 is 4.42 Å². The Bertz CT molecular complexity index is 993. The van der Waals surface area contributed by atoms with E-state index in [1.165, 1.54) is 18.2 Å². The van der Waals surface area contributed by atoms with Crippen LogP contribution in [0.15, 0.2) is 59.0 Å². The number of alkyl halides is 6. The number of amides is 1. The van der Waals surface area contributed by atoms with Gasteiger partial charge in [-0.1, -0.05) is 36.4 Å². The summed E-state index contributed by atoms with van der Waals surface area (Å²) in [6.45, 7) is 0. The third-order valence-electron chi connectivity index (χ3n) is 3.60. The predicted molar refractivity (Wildman–Crippen MR) is 87.1 cm³/mol. The first-order chi connectivity index (χ1) is 13.1.